The third kappa shape index (κ3) is 11.4. The van der Waals surface area contributed by atoms with Gasteiger partial charge in [0.15, 0.2) is 10.9 Å². The summed E-state index contributed by atoms with van der Waals surface area (Å²) in [7, 11) is 1.59. The van der Waals surface area contributed by atoms with Gasteiger partial charge in [0.2, 0.25) is 5.11 Å². The molecule has 0 spiro atoms. The molecule has 0 bridgehead atoms. The van der Waals surface area contributed by atoms with Crippen molar-refractivity contribution in [3.8, 4) is 22.6 Å². The Morgan fingerprint density at radius 1 is 0.712 bits per heavy atom. The van der Waals surface area contributed by atoms with Crippen molar-refractivity contribution in [1.29, 1.82) is 0 Å². The Morgan fingerprint density at radius 2 is 1.19 bits per heavy atom. The van der Waals surface area contributed by atoms with E-state index in [0.29, 0.717) is 39.9 Å². The van der Waals surface area contributed by atoms with Gasteiger partial charge in [0.05, 0.1) is 18.0 Å². The van der Waals surface area contributed by atoms with E-state index in [0.717, 1.165) is 23.3 Å². The predicted octanol–water partition coefficient (Wildman–Crippen LogP) is 6.47. The van der Waals surface area contributed by atoms with Crippen molar-refractivity contribution in [1.82, 2.24) is 21.6 Å². The number of carbonyl (C=O) groups is 2. The fraction of sp³-hybridized carbons (Fsp3) is 0.0857. The van der Waals surface area contributed by atoms with E-state index in [4.69, 9.17) is 39.1 Å². The first-order valence-corrected chi connectivity index (χ1v) is 15.9. The van der Waals surface area contributed by atoms with Crippen LogP contribution in [0.3, 0.4) is 0 Å². The van der Waals surface area contributed by atoms with Gasteiger partial charge in [-0.3, -0.25) is 25.9 Å². The molecule has 3 aromatic carbocycles. The van der Waals surface area contributed by atoms with Crippen LogP contribution >= 0.6 is 24.4 Å². The number of ketones is 1. The van der Waals surface area contributed by atoms with Crippen molar-refractivity contribution >= 4 is 64.5 Å². The number of amides is 1. The molecule has 0 aliphatic heterocycles. The average molecular weight is 749 g/mol. The lowest BCUT2D eigenvalue weighted by atomic mass is 10.1. The molecule has 7 N–H and O–H groups in total. The van der Waals surface area contributed by atoms with E-state index in [2.05, 4.69) is 37.1 Å². The number of nitrogens with two attached hydrogens (primary N) is 1. The fourth-order valence-electron chi connectivity index (χ4n) is 4.20. The van der Waals surface area contributed by atoms with Crippen LogP contribution in [0.15, 0.2) is 116 Å². The number of carbonyl (C=O) groups excluding carboxylic acids is 2. The van der Waals surface area contributed by atoms with Gasteiger partial charge in [-0.05, 0) is 92.0 Å². The molecule has 0 radical (unpaired) electrons. The van der Waals surface area contributed by atoms with Gasteiger partial charge >= 0.3 is 6.18 Å². The number of halogens is 3. The summed E-state index contributed by atoms with van der Waals surface area (Å²) < 4.78 is 49.0. The van der Waals surface area contributed by atoms with Crippen molar-refractivity contribution in [3.05, 3.63) is 125 Å². The first-order valence-electron chi connectivity index (χ1n) is 15.1. The number of nitrogens with zero attached hydrogens (tertiary/aromatic N) is 2. The van der Waals surface area contributed by atoms with E-state index in [-0.39, 0.29) is 21.9 Å². The predicted molar refractivity (Wildman–Crippen MR) is 201 cm³/mol. The third-order valence-corrected chi connectivity index (χ3v) is 7.21. The minimum absolute atomic E-state index is 0.0132. The maximum atomic E-state index is 12.6. The summed E-state index contributed by atoms with van der Waals surface area (Å²) in [5.41, 5.74) is 9.86. The largest absolute Gasteiger partial charge is 0.455 e. The number of rotatable bonds is 9. The maximum Gasteiger partial charge on any atom is 0.416 e. The van der Waals surface area contributed by atoms with Gasteiger partial charge in [-0.1, -0.05) is 36.4 Å². The number of furan rings is 2. The van der Waals surface area contributed by atoms with E-state index in [1.807, 2.05) is 18.2 Å². The second kappa shape index (κ2) is 18.2. The monoisotopic (exact) mass is 748 g/mol. The SMILES string of the molecule is CC(=O)c1ccc(-c2ccc(/C=N/NC(=S)Nc3ccc(C(F)(F)F)cc3)o2)cc1.CNC(=O)c1ccc(-c2ccc(/C=N/NC(=S)NN)o2)cc1. The van der Waals surface area contributed by atoms with E-state index in [9.17, 15) is 22.8 Å². The molecule has 0 unspecified atom stereocenters. The second-order valence-electron chi connectivity index (χ2n) is 10.4. The Balaban J connectivity index is 0.000000244. The van der Waals surface area contributed by atoms with Crippen molar-refractivity contribution in [2.24, 2.45) is 16.0 Å². The Hall–Kier alpha value is -6.17. The fourth-order valence-corrected chi connectivity index (χ4v) is 4.42. The Bertz CT molecular complexity index is 2060. The van der Waals surface area contributed by atoms with Crippen LogP contribution in [0.2, 0.25) is 0 Å². The molecule has 0 saturated heterocycles. The molecule has 5 aromatic rings. The maximum absolute atomic E-state index is 12.6. The second-order valence-corrected chi connectivity index (χ2v) is 11.3. The van der Waals surface area contributed by atoms with Crippen molar-refractivity contribution in [2.45, 2.75) is 13.1 Å². The number of hydrogen-bond donors (Lipinski definition) is 6. The summed E-state index contributed by atoms with van der Waals surface area (Å²) in [6.07, 6.45) is -1.50. The van der Waals surface area contributed by atoms with Gasteiger partial charge in [-0.15, -0.1) is 0 Å². The van der Waals surface area contributed by atoms with E-state index in [1.54, 1.807) is 61.6 Å². The highest BCUT2D eigenvalue weighted by Gasteiger charge is 2.29. The molecule has 268 valence electrons. The molecule has 5 rings (SSSR count). The van der Waals surface area contributed by atoms with Crippen LogP contribution in [0.4, 0.5) is 18.9 Å². The summed E-state index contributed by atoms with van der Waals surface area (Å²) in [5.74, 6) is 7.25. The normalized spacial score (nSPS) is 11.0. The number of hydrazone groups is 2. The molecular formula is C35H31F3N8O4S2. The summed E-state index contributed by atoms with van der Waals surface area (Å²) in [6, 6.07) is 25.7. The van der Waals surface area contributed by atoms with E-state index < -0.39 is 11.7 Å². The number of thiocarbonyl (C=S) groups is 2. The Kier molecular flexibility index (Phi) is 13.5. The molecule has 2 heterocycles. The molecule has 2 aromatic heterocycles. The quantitative estimate of drug-likeness (QED) is 0.0321. The molecule has 1 amide bonds. The molecule has 0 atom stereocenters. The number of Topliss-reactive ketones (excluding diaryl/α,β-unsaturated/α-hetero) is 1. The zero-order chi connectivity index (χ0) is 37.7. The molecule has 0 aliphatic rings. The summed E-state index contributed by atoms with van der Waals surface area (Å²) in [6.45, 7) is 1.50. The topological polar surface area (TPSA) is 171 Å². The minimum atomic E-state index is -4.39. The summed E-state index contributed by atoms with van der Waals surface area (Å²) in [5, 5.41) is 13.4. The summed E-state index contributed by atoms with van der Waals surface area (Å²) >= 11 is 9.83. The lowest BCUT2D eigenvalue weighted by Crippen LogP contribution is -2.37. The lowest BCUT2D eigenvalue weighted by Gasteiger charge is -2.09. The number of benzene rings is 3. The van der Waals surface area contributed by atoms with Crippen LogP contribution in [-0.4, -0.2) is 41.4 Å². The zero-order valence-corrected chi connectivity index (χ0v) is 29.1. The minimum Gasteiger partial charge on any atom is -0.455 e. The van der Waals surface area contributed by atoms with Crippen molar-refractivity contribution in [3.63, 3.8) is 0 Å². The van der Waals surface area contributed by atoms with Crippen LogP contribution in [-0.2, 0) is 6.18 Å². The van der Waals surface area contributed by atoms with Gasteiger partial charge in [-0.2, -0.15) is 23.4 Å². The van der Waals surface area contributed by atoms with Crippen molar-refractivity contribution < 1.29 is 31.6 Å². The number of alkyl halides is 3. The Labute approximate surface area is 306 Å². The van der Waals surface area contributed by atoms with Crippen LogP contribution in [0.5, 0.6) is 0 Å². The first kappa shape index (κ1) is 38.6. The molecule has 0 saturated carbocycles. The van der Waals surface area contributed by atoms with Gasteiger partial charge < -0.3 is 19.5 Å². The molecule has 0 aliphatic carbocycles. The van der Waals surface area contributed by atoms with Gasteiger partial charge in [0.25, 0.3) is 5.91 Å². The average Bonchev–Trinajstić information content (AvgIpc) is 3.82. The highest BCUT2D eigenvalue weighted by atomic mass is 32.1. The van der Waals surface area contributed by atoms with E-state index in [1.165, 1.54) is 31.5 Å². The third-order valence-electron chi connectivity index (χ3n) is 6.81. The number of anilines is 1. The highest BCUT2D eigenvalue weighted by Crippen LogP contribution is 2.30. The number of hydrogen-bond acceptors (Lipinski definition) is 9. The molecular weight excluding hydrogens is 718 g/mol. The molecule has 12 nitrogen and oxygen atoms in total. The molecule has 0 fully saturated rings. The summed E-state index contributed by atoms with van der Waals surface area (Å²) in [4.78, 5) is 22.8. The Morgan fingerprint density at radius 3 is 1.63 bits per heavy atom. The van der Waals surface area contributed by atoms with Crippen molar-refractivity contribution in [2.75, 3.05) is 12.4 Å². The highest BCUT2D eigenvalue weighted by molar-refractivity contribution is 7.80. The van der Waals surface area contributed by atoms with E-state index >= 15 is 0 Å². The van der Waals surface area contributed by atoms with Gasteiger partial charge in [0.1, 0.15) is 23.0 Å². The first-order chi connectivity index (χ1) is 24.9. The van der Waals surface area contributed by atoms with Crippen LogP contribution < -0.4 is 32.8 Å². The van der Waals surface area contributed by atoms with Crippen LogP contribution in [0.1, 0.15) is 44.7 Å². The van der Waals surface area contributed by atoms with Crippen LogP contribution in [0.25, 0.3) is 22.6 Å². The molecule has 52 heavy (non-hydrogen) atoms. The van der Waals surface area contributed by atoms with Gasteiger partial charge in [0, 0.05) is 35.0 Å². The number of hydrazine groups is 1. The zero-order valence-electron chi connectivity index (χ0n) is 27.4. The number of nitrogens with one attached hydrogen (secondary N) is 5. The van der Waals surface area contributed by atoms with Crippen LogP contribution in [0, 0.1) is 0 Å². The standard InChI is InChI=1S/C21H16F3N3O2S.C14H15N5O2S/c1-13(28)14-2-4-15(5-3-14)19-11-10-18(29-19)12-25-27-20(30)26-17-8-6-16(7-9-17)21(22,23)24;1-16-13(20)10-4-2-9(3-5-10)12-7-6-11(21-12)8-17-19-14(22)18-15/h2-12H,1H3,(H2,26,27,30);2-8H,15H2,1H3,(H,16,20)(H2,18,19,22)/b25-12+;17-8+. The van der Waals surface area contributed by atoms with Gasteiger partial charge in [-0.25, -0.2) is 5.84 Å². The smallest absolute Gasteiger partial charge is 0.416 e. The lowest BCUT2D eigenvalue weighted by molar-refractivity contribution is -0.137. The molecule has 17 heteroatoms.